The number of carbonyl (C=O) groups is 2. The lowest BCUT2D eigenvalue weighted by Crippen LogP contribution is -2.29. The van der Waals surface area contributed by atoms with Crippen LogP contribution in [-0.4, -0.2) is 28.5 Å². The van der Waals surface area contributed by atoms with Crippen LogP contribution in [0.3, 0.4) is 0 Å². The first-order chi connectivity index (χ1) is 16.3. The maximum atomic E-state index is 13.3. The molecule has 6 heteroatoms. The van der Waals surface area contributed by atoms with Crippen molar-refractivity contribution in [2.24, 2.45) is 0 Å². The summed E-state index contributed by atoms with van der Waals surface area (Å²) in [7, 11) is 0. The first-order valence-electron chi connectivity index (χ1n) is 11.3. The lowest BCUT2D eigenvalue weighted by Gasteiger charge is -2.26. The number of aliphatic hydroxyl groups is 1. The van der Waals surface area contributed by atoms with Gasteiger partial charge in [0.1, 0.15) is 17.3 Å². The number of Topliss-reactive ketones (excluding diaryl/α,β-unsaturated/α-hetero) is 1. The van der Waals surface area contributed by atoms with E-state index in [1.165, 1.54) is 17.0 Å². The largest absolute Gasteiger partial charge is 0.508 e. The van der Waals surface area contributed by atoms with Crippen molar-refractivity contribution in [2.45, 2.75) is 32.2 Å². The molecule has 0 saturated carbocycles. The summed E-state index contributed by atoms with van der Waals surface area (Å²) in [5.41, 5.74) is 3.55. The molecule has 0 aliphatic carbocycles. The van der Waals surface area contributed by atoms with Crippen molar-refractivity contribution < 1.29 is 24.5 Å². The van der Waals surface area contributed by atoms with Gasteiger partial charge >= 0.3 is 0 Å². The maximum Gasteiger partial charge on any atom is 0.300 e. The van der Waals surface area contributed by atoms with Gasteiger partial charge in [-0.25, -0.2) is 0 Å². The van der Waals surface area contributed by atoms with Crippen LogP contribution >= 0.6 is 0 Å². The van der Waals surface area contributed by atoms with E-state index in [0.29, 0.717) is 35.8 Å². The van der Waals surface area contributed by atoms with Gasteiger partial charge in [0.25, 0.3) is 11.7 Å². The quantitative estimate of drug-likeness (QED) is 0.326. The Kier molecular flexibility index (Phi) is 5.36. The number of benzene rings is 3. The van der Waals surface area contributed by atoms with Gasteiger partial charge in [0.15, 0.2) is 0 Å². The molecule has 1 fully saturated rings. The van der Waals surface area contributed by atoms with E-state index in [9.17, 15) is 19.8 Å². The van der Waals surface area contributed by atoms with Crippen LogP contribution in [0.25, 0.3) is 5.76 Å². The van der Waals surface area contributed by atoms with Gasteiger partial charge in [-0.2, -0.15) is 0 Å². The van der Waals surface area contributed by atoms with Crippen molar-refractivity contribution >= 4 is 23.1 Å². The number of hydrogen-bond acceptors (Lipinski definition) is 5. The smallest absolute Gasteiger partial charge is 0.300 e. The number of phenolic OH excluding ortho intramolecular Hbond substituents is 1. The van der Waals surface area contributed by atoms with Crippen molar-refractivity contribution in [1.29, 1.82) is 0 Å². The molecule has 3 aromatic carbocycles. The minimum absolute atomic E-state index is 0.00734. The molecule has 0 bridgehead atoms. The summed E-state index contributed by atoms with van der Waals surface area (Å²) in [4.78, 5) is 28.0. The fourth-order valence-electron chi connectivity index (χ4n) is 4.62. The number of ether oxygens (including phenoxy) is 1. The molecule has 0 radical (unpaired) electrons. The number of anilines is 1. The molecule has 1 atom stereocenters. The van der Waals surface area contributed by atoms with E-state index in [4.69, 9.17) is 4.74 Å². The predicted octanol–water partition coefficient (Wildman–Crippen LogP) is 5.08. The highest BCUT2D eigenvalue weighted by Gasteiger charge is 2.47. The summed E-state index contributed by atoms with van der Waals surface area (Å²) < 4.78 is 5.55. The number of nitrogens with zero attached hydrogens (tertiary/aromatic N) is 1. The van der Waals surface area contributed by atoms with Crippen molar-refractivity contribution in [3.05, 3.63) is 94.6 Å². The van der Waals surface area contributed by atoms with Gasteiger partial charge in [0.2, 0.25) is 0 Å². The molecular formula is C28H25NO5. The average Bonchev–Trinajstić information content (AvgIpc) is 3.40. The number of rotatable bonds is 4. The van der Waals surface area contributed by atoms with Crippen LogP contribution in [-0.2, 0) is 16.0 Å². The number of aliphatic hydroxyl groups excluding tert-OH is 1. The molecule has 2 N–H and O–H groups in total. The predicted molar refractivity (Wildman–Crippen MR) is 129 cm³/mol. The molecule has 2 heterocycles. The topological polar surface area (TPSA) is 87.1 Å². The zero-order valence-corrected chi connectivity index (χ0v) is 19.0. The summed E-state index contributed by atoms with van der Waals surface area (Å²) in [6.45, 7) is 4.73. The second-order valence-corrected chi connectivity index (χ2v) is 8.93. The third-order valence-electron chi connectivity index (χ3n) is 6.43. The van der Waals surface area contributed by atoms with Gasteiger partial charge in [-0.1, -0.05) is 38.1 Å². The Bertz CT molecular complexity index is 1320. The van der Waals surface area contributed by atoms with Crippen molar-refractivity contribution in [2.75, 3.05) is 11.5 Å². The van der Waals surface area contributed by atoms with E-state index >= 15 is 0 Å². The first kappa shape index (κ1) is 21.8. The molecule has 34 heavy (non-hydrogen) atoms. The summed E-state index contributed by atoms with van der Waals surface area (Å²) in [5.74, 6) is -0.662. The second kappa shape index (κ2) is 8.37. The van der Waals surface area contributed by atoms with Gasteiger partial charge in [-0.05, 0) is 65.1 Å². The fraction of sp³-hybridized carbons (Fsp3) is 0.214. The third kappa shape index (κ3) is 3.61. The zero-order valence-electron chi connectivity index (χ0n) is 19.0. The van der Waals surface area contributed by atoms with Gasteiger partial charge in [-0.15, -0.1) is 0 Å². The lowest BCUT2D eigenvalue weighted by molar-refractivity contribution is -0.132. The van der Waals surface area contributed by atoms with Gasteiger partial charge in [0, 0.05) is 17.7 Å². The number of hydrogen-bond donors (Lipinski definition) is 2. The minimum atomic E-state index is -0.887. The van der Waals surface area contributed by atoms with Crippen LogP contribution < -0.4 is 9.64 Å². The summed E-state index contributed by atoms with van der Waals surface area (Å²) in [6.07, 6.45) is 0.711. The zero-order chi connectivity index (χ0) is 24.0. The molecule has 1 amide bonds. The van der Waals surface area contributed by atoms with E-state index < -0.39 is 17.7 Å². The Morgan fingerprint density at radius 2 is 1.79 bits per heavy atom. The Hall–Kier alpha value is -4.06. The number of carbonyl (C=O) groups excluding carboxylic acids is 2. The Labute approximate surface area is 197 Å². The third-order valence-corrected chi connectivity index (χ3v) is 6.43. The Morgan fingerprint density at radius 1 is 1.03 bits per heavy atom. The second-order valence-electron chi connectivity index (χ2n) is 8.93. The molecular weight excluding hydrogens is 430 g/mol. The number of aromatic hydroxyl groups is 1. The fourth-order valence-corrected chi connectivity index (χ4v) is 4.62. The molecule has 0 spiro atoms. The number of phenols is 1. The van der Waals surface area contributed by atoms with Crippen molar-refractivity contribution in [3.63, 3.8) is 0 Å². The molecule has 2 aliphatic heterocycles. The van der Waals surface area contributed by atoms with E-state index in [1.54, 1.807) is 30.3 Å². The molecule has 0 aromatic heterocycles. The molecule has 1 unspecified atom stereocenters. The van der Waals surface area contributed by atoms with Gasteiger partial charge in [-0.3, -0.25) is 14.5 Å². The summed E-state index contributed by atoms with van der Waals surface area (Å²) in [5, 5.41) is 21.4. The molecule has 6 nitrogen and oxygen atoms in total. The highest BCUT2D eigenvalue weighted by Crippen LogP contribution is 2.43. The molecule has 5 rings (SSSR count). The first-order valence-corrected chi connectivity index (χ1v) is 11.3. The molecule has 172 valence electrons. The van der Waals surface area contributed by atoms with Crippen LogP contribution in [0.2, 0.25) is 0 Å². The number of amides is 1. The van der Waals surface area contributed by atoms with Gasteiger partial charge < -0.3 is 14.9 Å². The van der Waals surface area contributed by atoms with Crippen LogP contribution in [0.5, 0.6) is 11.5 Å². The summed E-state index contributed by atoms with van der Waals surface area (Å²) in [6, 6.07) is 18.2. The Balaban J connectivity index is 1.68. The van der Waals surface area contributed by atoms with Crippen LogP contribution in [0, 0.1) is 0 Å². The van der Waals surface area contributed by atoms with E-state index in [2.05, 4.69) is 13.8 Å². The average molecular weight is 456 g/mol. The van der Waals surface area contributed by atoms with E-state index in [0.717, 1.165) is 16.9 Å². The van der Waals surface area contributed by atoms with Gasteiger partial charge in [0.05, 0.1) is 18.2 Å². The monoisotopic (exact) mass is 455 g/mol. The molecule has 2 aliphatic rings. The van der Waals surface area contributed by atoms with Crippen LogP contribution in [0.4, 0.5) is 5.69 Å². The molecule has 1 saturated heterocycles. The number of fused-ring (bicyclic) bond motifs is 1. The Morgan fingerprint density at radius 3 is 2.50 bits per heavy atom. The van der Waals surface area contributed by atoms with Crippen LogP contribution in [0.1, 0.15) is 48.1 Å². The van der Waals surface area contributed by atoms with Crippen LogP contribution in [0.15, 0.2) is 72.3 Å². The SMILES string of the molecule is CC(C)c1ccc(N2C(=O)C(=O)/C(=C(\O)c3ccc4c(c3)CCO4)C2c2cccc(O)c2)cc1. The number of ketones is 1. The van der Waals surface area contributed by atoms with Crippen molar-refractivity contribution in [3.8, 4) is 11.5 Å². The standard InChI is InChI=1S/C28H25NO5/c1-16(2)17-6-9-21(10-7-17)29-25(19-4-3-5-22(30)15-19)24(27(32)28(29)33)26(31)20-8-11-23-18(14-20)12-13-34-23/h3-11,14-16,25,30-31H,12-13H2,1-2H3/b26-24-. The minimum Gasteiger partial charge on any atom is -0.508 e. The lowest BCUT2D eigenvalue weighted by atomic mass is 9.94. The van der Waals surface area contributed by atoms with Crippen molar-refractivity contribution in [1.82, 2.24) is 0 Å². The maximum absolute atomic E-state index is 13.3. The summed E-state index contributed by atoms with van der Waals surface area (Å²) >= 11 is 0. The highest BCUT2D eigenvalue weighted by atomic mass is 16.5. The van der Waals surface area contributed by atoms with E-state index in [-0.39, 0.29) is 17.1 Å². The van der Waals surface area contributed by atoms with E-state index in [1.807, 2.05) is 24.3 Å². The molecule has 3 aromatic rings. The normalized spacial score (nSPS) is 18.9. The highest BCUT2D eigenvalue weighted by molar-refractivity contribution is 6.51.